The Bertz CT molecular complexity index is 513. The second-order valence-electron chi connectivity index (χ2n) is 5.97. The molecule has 13 heteroatoms. The summed E-state index contributed by atoms with van der Waals surface area (Å²) in [7, 11) is 0. The van der Waals surface area contributed by atoms with Gasteiger partial charge in [-0.15, -0.1) is 0 Å². The minimum Gasteiger partial charge on any atom is -0.353 e. The molecule has 1 N–H and O–H groups in total. The Balaban J connectivity index is 3.53. The molecule has 0 spiro atoms. The maximum absolute atomic E-state index is 14.2. The Morgan fingerprint density at radius 3 is 1.36 bits per heavy atom. The lowest BCUT2D eigenvalue weighted by molar-refractivity contribution is -0.476. The molecule has 0 bridgehead atoms. The highest BCUT2D eigenvalue weighted by atomic mass is 19.4. The summed E-state index contributed by atoms with van der Waals surface area (Å²) in [5.74, 6) is -39.7. The number of rotatable bonds is 4. The Kier molecular flexibility index (Phi) is 4.87. The predicted molar refractivity (Wildman–Crippen MR) is 61.0 cm³/mol. The van der Waals surface area contributed by atoms with Crippen molar-refractivity contribution in [2.24, 2.45) is 5.92 Å². The SMILES string of the molecule is CC(C)CCNC(=O)C1(F)C(F)(F)C(F)(F)C(F)(F)C(F)(F)C1(F)F. The molecule has 1 fully saturated rings. The lowest BCUT2D eigenvalue weighted by Crippen LogP contribution is -2.86. The Hall–Kier alpha value is -1.30. The smallest absolute Gasteiger partial charge is 0.353 e. The molecule has 1 rings (SSSR count). The first-order chi connectivity index (χ1) is 10.8. The molecule has 0 heterocycles. The molecule has 0 aliphatic heterocycles. The van der Waals surface area contributed by atoms with Gasteiger partial charge in [-0.2, -0.15) is 43.9 Å². The molecule has 2 nitrogen and oxygen atoms in total. The van der Waals surface area contributed by atoms with Gasteiger partial charge in [0.15, 0.2) is 0 Å². The van der Waals surface area contributed by atoms with E-state index < -0.39 is 47.7 Å². The van der Waals surface area contributed by atoms with Gasteiger partial charge in [-0.1, -0.05) is 13.8 Å². The van der Waals surface area contributed by atoms with Gasteiger partial charge in [0.1, 0.15) is 0 Å². The van der Waals surface area contributed by atoms with Crippen LogP contribution in [-0.4, -0.2) is 47.7 Å². The van der Waals surface area contributed by atoms with Crippen molar-refractivity contribution >= 4 is 5.91 Å². The molecule has 0 saturated heterocycles. The summed E-state index contributed by atoms with van der Waals surface area (Å²) in [5.41, 5.74) is -6.61. The van der Waals surface area contributed by atoms with Crippen LogP contribution >= 0.6 is 0 Å². The number of hydrogen-bond acceptors (Lipinski definition) is 1. The van der Waals surface area contributed by atoms with Gasteiger partial charge in [-0.05, 0) is 12.3 Å². The topological polar surface area (TPSA) is 29.1 Å². The molecule has 0 aromatic heterocycles. The second kappa shape index (κ2) is 5.60. The summed E-state index contributed by atoms with van der Waals surface area (Å²) in [6.45, 7) is 2.13. The van der Waals surface area contributed by atoms with E-state index in [4.69, 9.17) is 0 Å². The third-order valence-corrected chi connectivity index (χ3v) is 3.76. The lowest BCUT2D eigenvalue weighted by atomic mass is 9.71. The Morgan fingerprint density at radius 1 is 0.720 bits per heavy atom. The number of amides is 1. The largest absolute Gasteiger partial charge is 0.384 e. The molecule has 0 aromatic carbocycles. The normalized spacial score (nSPS) is 27.8. The van der Waals surface area contributed by atoms with E-state index in [2.05, 4.69) is 0 Å². The fourth-order valence-corrected chi connectivity index (χ4v) is 2.10. The minimum atomic E-state index is -7.32. The third kappa shape index (κ3) is 2.32. The number of alkyl halides is 11. The maximum atomic E-state index is 14.2. The number of nitrogens with one attached hydrogen (secondary N) is 1. The zero-order valence-electron chi connectivity index (χ0n) is 12.6. The van der Waals surface area contributed by atoms with Gasteiger partial charge < -0.3 is 5.32 Å². The molecular weight excluding hydrogens is 383 g/mol. The molecule has 25 heavy (non-hydrogen) atoms. The third-order valence-electron chi connectivity index (χ3n) is 3.76. The van der Waals surface area contributed by atoms with E-state index >= 15 is 0 Å². The van der Waals surface area contributed by atoms with E-state index in [-0.39, 0.29) is 12.3 Å². The highest BCUT2D eigenvalue weighted by molar-refractivity contribution is 5.88. The van der Waals surface area contributed by atoms with Crippen LogP contribution in [-0.2, 0) is 4.79 Å². The van der Waals surface area contributed by atoms with Gasteiger partial charge in [-0.3, -0.25) is 4.79 Å². The number of carbonyl (C=O) groups excluding carboxylic acids is 1. The van der Waals surface area contributed by atoms with Crippen LogP contribution in [0.25, 0.3) is 0 Å². The van der Waals surface area contributed by atoms with Gasteiger partial charge in [-0.25, -0.2) is 4.39 Å². The van der Waals surface area contributed by atoms with Crippen molar-refractivity contribution in [3.8, 4) is 0 Å². The Morgan fingerprint density at radius 2 is 1.04 bits per heavy atom. The first-order valence-electron chi connectivity index (χ1n) is 6.70. The summed E-state index contributed by atoms with van der Waals surface area (Å²) in [6, 6.07) is 0. The van der Waals surface area contributed by atoms with Crippen molar-refractivity contribution in [3.63, 3.8) is 0 Å². The summed E-state index contributed by atoms with van der Waals surface area (Å²) < 4.78 is 147. The molecular formula is C12H12F11NO. The predicted octanol–water partition coefficient (Wildman–Crippen LogP) is 4.05. The van der Waals surface area contributed by atoms with Crippen LogP contribution in [0.5, 0.6) is 0 Å². The van der Waals surface area contributed by atoms with Crippen LogP contribution in [0.1, 0.15) is 20.3 Å². The van der Waals surface area contributed by atoms with Crippen LogP contribution in [0.3, 0.4) is 0 Å². The van der Waals surface area contributed by atoms with Crippen molar-refractivity contribution in [3.05, 3.63) is 0 Å². The van der Waals surface area contributed by atoms with E-state index in [1.54, 1.807) is 0 Å². The van der Waals surface area contributed by atoms with Gasteiger partial charge in [0.05, 0.1) is 0 Å². The van der Waals surface area contributed by atoms with E-state index in [1.165, 1.54) is 13.8 Å². The van der Waals surface area contributed by atoms with Crippen LogP contribution in [0.2, 0.25) is 0 Å². The standard InChI is InChI=1S/C12H12F11NO/c1-5(2)3-4-24-6(25)7(13)8(14,15)10(18,19)12(22,23)11(20,21)9(7,16)17/h5H,3-4H2,1-2H3,(H,24,25). The first kappa shape index (κ1) is 21.7. The zero-order chi connectivity index (χ0) is 20.3. The fraction of sp³-hybridized carbons (Fsp3) is 0.917. The van der Waals surface area contributed by atoms with Crippen molar-refractivity contribution in [1.82, 2.24) is 5.32 Å². The van der Waals surface area contributed by atoms with Crippen LogP contribution < -0.4 is 5.32 Å². The van der Waals surface area contributed by atoms with Crippen molar-refractivity contribution < 1.29 is 53.1 Å². The van der Waals surface area contributed by atoms with Crippen molar-refractivity contribution in [1.29, 1.82) is 0 Å². The molecule has 0 atom stereocenters. The molecule has 0 unspecified atom stereocenters. The quantitative estimate of drug-likeness (QED) is 0.716. The second-order valence-corrected chi connectivity index (χ2v) is 5.97. The minimum absolute atomic E-state index is 0.151. The molecule has 1 amide bonds. The van der Waals surface area contributed by atoms with Crippen molar-refractivity contribution in [2.45, 2.75) is 55.5 Å². The van der Waals surface area contributed by atoms with Crippen LogP contribution in [0, 0.1) is 5.92 Å². The van der Waals surface area contributed by atoms with Gasteiger partial charge in [0.25, 0.3) is 5.91 Å². The average Bonchev–Trinajstić information content (AvgIpc) is 2.43. The maximum Gasteiger partial charge on any atom is 0.384 e. The summed E-state index contributed by atoms with van der Waals surface area (Å²) >= 11 is 0. The lowest BCUT2D eigenvalue weighted by Gasteiger charge is -2.51. The monoisotopic (exact) mass is 395 g/mol. The number of carbonyl (C=O) groups is 1. The highest BCUT2D eigenvalue weighted by Gasteiger charge is 3.02. The summed E-state index contributed by atoms with van der Waals surface area (Å²) in [5, 5.41) is 1.05. The van der Waals surface area contributed by atoms with Gasteiger partial charge >= 0.3 is 35.3 Å². The molecule has 1 aliphatic carbocycles. The first-order valence-corrected chi connectivity index (χ1v) is 6.70. The molecule has 148 valence electrons. The van der Waals surface area contributed by atoms with Crippen molar-refractivity contribution in [2.75, 3.05) is 6.54 Å². The number of hydrogen-bond donors (Lipinski definition) is 1. The average molecular weight is 395 g/mol. The van der Waals surface area contributed by atoms with E-state index in [9.17, 15) is 53.1 Å². The van der Waals surface area contributed by atoms with E-state index in [0.717, 1.165) is 5.32 Å². The molecule has 1 saturated carbocycles. The Labute approximate surface area is 133 Å². The molecule has 1 aliphatic rings. The molecule has 0 aromatic rings. The van der Waals surface area contributed by atoms with Gasteiger partial charge in [0.2, 0.25) is 0 Å². The number of halogens is 11. The highest BCUT2D eigenvalue weighted by Crippen LogP contribution is 2.69. The fourth-order valence-electron chi connectivity index (χ4n) is 2.10. The molecule has 0 radical (unpaired) electrons. The van der Waals surface area contributed by atoms with E-state index in [0.29, 0.717) is 0 Å². The van der Waals surface area contributed by atoms with Crippen LogP contribution in [0.15, 0.2) is 0 Å². The summed E-state index contributed by atoms with van der Waals surface area (Å²) in [4.78, 5) is 11.4. The van der Waals surface area contributed by atoms with Crippen LogP contribution in [0.4, 0.5) is 48.3 Å². The van der Waals surface area contributed by atoms with E-state index in [1.807, 2.05) is 0 Å². The summed E-state index contributed by atoms with van der Waals surface area (Å²) in [6.07, 6.45) is -0.151. The van der Waals surface area contributed by atoms with Gasteiger partial charge in [0, 0.05) is 6.54 Å². The zero-order valence-corrected chi connectivity index (χ0v) is 12.6.